The lowest BCUT2D eigenvalue weighted by molar-refractivity contribution is -0.154. The van der Waals surface area contributed by atoms with Crippen molar-refractivity contribution in [1.82, 2.24) is 4.90 Å². The van der Waals surface area contributed by atoms with E-state index in [1.54, 1.807) is 11.0 Å². The molecule has 1 fully saturated rings. The van der Waals surface area contributed by atoms with E-state index >= 15 is 0 Å². The normalized spacial score (nSPS) is 14.9. The van der Waals surface area contributed by atoms with Crippen molar-refractivity contribution in [2.75, 3.05) is 26.3 Å². The number of hydrogen-bond donors (Lipinski definition) is 1. The summed E-state index contributed by atoms with van der Waals surface area (Å²) in [6, 6.07) is 5.59. The van der Waals surface area contributed by atoms with Crippen LogP contribution < -0.4 is 10.5 Å². The van der Waals surface area contributed by atoms with E-state index in [2.05, 4.69) is 0 Å². The zero-order valence-corrected chi connectivity index (χ0v) is 14.6. The minimum Gasteiger partial charge on any atom is -0.482 e. The summed E-state index contributed by atoms with van der Waals surface area (Å²) in [6.45, 7) is 4.19. The Morgan fingerprint density at radius 1 is 1.16 bits per heavy atom. The highest BCUT2D eigenvalue weighted by Gasteiger charge is 2.26. The van der Waals surface area contributed by atoms with Gasteiger partial charge >= 0.3 is 5.97 Å². The Morgan fingerprint density at radius 3 is 2.48 bits per heavy atom. The number of carbonyl (C=O) groups excluding carboxylic acids is 3. The summed E-state index contributed by atoms with van der Waals surface area (Å²) in [5, 5.41) is 0. The molecule has 1 saturated heterocycles. The van der Waals surface area contributed by atoms with Crippen LogP contribution in [0.3, 0.4) is 0 Å². The van der Waals surface area contributed by atoms with E-state index in [4.69, 9.17) is 15.2 Å². The number of benzene rings is 1. The van der Waals surface area contributed by atoms with Gasteiger partial charge in [-0.2, -0.15) is 0 Å². The zero-order valence-electron chi connectivity index (χ0n) is 14.6. The number of aryl methyl sites for hydroxylation is 1. The predicted octanol–water partition coefficient (Wildman–Crippen LogP) is 0.949. The van der Waals surface area contributed by atoms with E-state index in [-0.39, 0.29) is 30.9 Å². The van der Waals surface area contributed by atoms with Crippen LogP contribution in [-0.4, -0.2) is 49.0 Å². The molecule has 1 heterocycles. The van der Waals surface area contributed by atoms with Crippen LogP contribution in [0.1, 0.15) is 24.0 Å². The van der Waals surface area contributed by atoms with Crippen molar-refractivity contribution in [3.63, 3.8) is 0 Å². The van der Waals surface area contributed by atoms with Crippen molar-refractivity contribution in [3.8, 4) is 5.75 Å². The van der Waals surface area contributed by atoms with Crippen molar-refractivity contribution < 1.29 is 23.9 Å². The molecule has 25 heavy (non-hydrogen) atoms. The molecule has 0 radical (unpaired) electrons. The van der Waals surface area contributed by atoms with Gasteiger partial charge in [0.1, 0.15) is 5.75 Å². The fourth-order valence-corrected chi connectivity index (χ4v) is 2.71. The van der Waals surface area contributed by atoms with Gasteiger partial charge in [0.15, 0.2) is 13.2 Å². The molecule has 136 valence electrons. The molecule has 0 spiro atoms. The van der Waals surface area contributed by atoms with Crippen LogP contribution in [0.5, 0.6) is 5.75 Å². The highest BCUT2D eigenvalue weighted by atomic mass is 16.6. The Kier molecular flexibility index (Phi) is 6.38. The molecule has 0 saturated carbocycles. The van der Waals surface area contributed by atoms with Crippen LogP contribution in [0.4, 0.5) is 0 Å². The third-order valence-corrected chi connectivity index (χ3v) is 4.51. The van der Waals surface area contributed by atoms with E-state index in [0.717, 1.165) is 11.1 Å². The molecule has 0 aliphatic carbocycles. The molecule has 0 bridgehead atoms. The smallest absolute Gasteiger partial charge is 0.344 e. The van der Waals surface area contributed by atoms with E-state index in [0.29, 0.717) is 31.7 Å². The highest BCUT2D eigenvalue weighted by molar-refractivity contribution is 5.82. The lowest BCUT2D eigenvalue weighted by Gasteiger charge is -2.30. The second-order valence-electron chi connectivity index (χ2n) is 6.20. The number of hydrogen-bond acceptors (Lipinski definition) is 5. The van der Waals surface area contributed by atoms with Gasteiger partial charge < -0.3 is 20.1 Å². The molecule has 0 unspecified atom stereocenters. The number of nitrogens with zero attached hydrogens (tertiary/aromatic N) is 1. The predicted molar refractivity (Wildman–Crippen MR) is 90.9 cm³/mol. The maximum atomic E-state index is 12.0. The molecule has 0 aromatic heterocycles. The third-order valence-electron chi connectivity index (χ3n) is 4.51. The number of carbonyl (C=O) groups is 3. The van der Waals surface area contributed by atoms with Crippen molar-refractivity contribution >= 4 is 17.8 Å². The number of rotatable bonds is 6. The lowest BCUT2D eigenvalue weighted by atomic mass is 9.96. The van der Waals surface area contributed by atoms with Crippen molar-refractivity contribution in [3.05, 3.63) is 29.3 Å². The second-order valence-corrected chi connectivity index (χ2v) is 6.20. The van der Waals surface area contributed by atoms with Crippen molar-refractivity contribution in [1.29, 1.82) is 0 Å². The first kappa shape index (κ1) is 18.8. The third kappa shape index (κ3) is 5.20. The summed E-state index contributed by atoms with van der Waals surface area (Å²) in [4.78, 5) is 36.5. The maximum Gasteiger partial charge on any atom is 0.344 e. The Balaban J connectivity index is 1.72. The number of piperidine rings is 1. The van der Waals surface area contributed by atoms with Gasteiger partial charge in [-0.3, -0.25) is 9.59 Å². The molecule has 2 N–H and O–H groups in total. The average Bonchev–Trinajstić information content (AvgIpc) is 2.61. The Morgan fingerprint density at radius 2 is 1.84 bits per heavy atom. The molecule has 0 atom stereocenters. The summed E-state index contributed by atoms with van der Waals surface area (Å²) in [6.07, 6.45) is 1.09. The lowest BCUT2D eigenvalue weighted by Crippen LogP contribution is -2.43. The van der Waals surface area contributed by atoms with E-state index < -0.39 is 5.97 Å². The average molecular weight is 348 g/mol. The zero-order chi connectivity index (χ0) is 18.4. The van der Waals surface area contributed by atoms with E-state index in [9.17, 15) is 14.4 Å². The molecule has 1 aliphatic heterocycles. The molecule has 2 rings (SSSR count). The number of ether oxygens (including phenoxy) is 2. The minimum atomic E-state index is -0.596. The van der Waals surface area contributed by atoms with Gasteiger partial charge in [-0.05, 0) is 43.9 Å². The second kappa shape index (κ2) is 8.50. The number of nitrogens with two attached hydrogens (primary N) is 1. The highest BCUT2D eigenvalue weighted by Crippen LogP contribution is 2.20. The molecule has 1 aliphatic rings. The van der Waals surface area contributed by atoms with Gasteiger partial charge in [-0.1, -0.05) is 12.1 Å². The van der Waals surface area contributed by atoms with Gasteiger partial charge in [-0.25, -0.2) is 4.79 Å². The Bertz CT molecular complexity index is 651. The largest absolute Gasteiger partial charge is 0.482 e. The standard InChI is InChI=1S/C18H24N2O5/c1-12-4-3-5-15(13(12)2)24-11-17(22)25-10-16(21)20-8-6-14(7-9-20)18(19)23/h3-5,14H,6-11H2,1-2H3,(H2,19,23). The molecule has 2 amide bonds. The van der Waals surface area contributed by atoms with Gasteiger partial charge in [-0.15, -0.1) is 0 Å². The van der Waals surface area contributed by atoms with Gasteiger partial charge in [0.25, 0.3) is 5.91 Å². The monoisotopic (exact) mass is 348 g/mol. The molecule has 7 heteroatoms. The maximum absolute atomic E-state index is 12.0. The SMILES string of the molecule is Cc1cccc(OCC(=O)OCC(=O)N2CCC(C(N)=O)CC2)c1C. The van der Waals surface area contributed by atoms with Crippen LogP contribution in [0, 0.1) is 19.8 Å². The van der Waals surface area contributed by atoms with Crippen LogP contribution >= 0.6 is 0 Å². The van der Waals surface area contributed by atoms with Crippen molar-refractivity contribution in [2.24, 2.45) is 11.7 Å². The van der Waals surface area contributed by atoms with Crippen LogP contribution in [0.15, 0.2) is 18.2 Å². The first-order valence-corrected chi connectivity index (χ1v) is 8.30. The number of likely N-dealkylation sites (tertiary alicyclic amines) is 1. The van der Waals surface area contributed by atoms with Crippen LogP contribution in [-0.2, 0) is 19.1 Å². The molecular weight excluding hydrogens is 324 g/mol. The summed E-state index contributed by atoms with van der Waals surface area (Å²) in [5.41, 5.74) is 7.29. The van der Waals surface area contributed by atoms with Crippen LogP contribution in [0.25, 0.3) is 0 Å². The quantitative estimate of drug-likeness (QED) is 0.772. The molecule has 7 nitrogen and oxygen atoms in total. The molecular formula is C18H24N2O5. The van der Waals surface area contributed by atoms with Gasteiger partial charge in [0.05, 0.1) is 0 Å². The number of esters is 1. The molecule has 1 aromatic carbocycles. The number of primary amides is 1. The fraction of sp³-hybridized carbons (Fsp3) is 0.500. The Labute approximate surface area is 147 Å². The van der Waals surface area contributed by atoms with Crippen LogP contribution in [0.2, 0.25) is 0 Å². The van der Waals surface area contributed by atoms with E-state index in [1.807, 2.05) is 26.0 Å². The van der Waals surface area contributed by atoms with Gasteiger partial charge in [0.2, 0.25) is 5.91 Å². The summed E-state index contributed by atoms with van der Waals surface area (Å²) in [7, 11) is 0. The fourth-order valence-electron chi connectivity index (χ4n) is 2.71. The van der Waals surface area contributed by atoms with Gasteiger partial charge in [0, 0.05) is 19.0 Å². The Hall–Kier alpha value is -2.57. The number of amides is 2. The van der Waals surface area contributed by atoms with E-state index in [1.165, 1.54) is 0 Å². The summed E-state index contributed by atoms with van der Waals surface area (Å²) < 4.78 is 10.4. The summed E-state index contributed by atoms with van der Waals surface area (Å²) in [5.74, 6) is -0.763. The minimum absolute atomic E-state index is 0.183. The summed E-state index contributed by atoms with van der Waals surface area (Å²) >= 11 is 0. The topological polar surface area (TPSA) is 98.9 Å². The molecule has 1 aromatic rings. The first-order chi connectivity index (χ1) is 11.9. The van der Waals surface area contributed by atoms with Crippen molar-refractivity contribution in [2.45, 2.75) is 26.7 Å². The first-order valence-electron chi connectivity index (χ1n) is 8.30.